The molecule has 6 rings (SSSR count). The van der Waals surface area contributed by atoms with Crippen LogP contribution in [-0.2, 0) is 9.59 Å². The molecule has 2 amide bonds. The fourth-order valence-electron chi connectivity index (χ4n) is 5.22. The fraction of sp³-hybridized carbons (Fsp3) is 0.0571. The Morgan fingerprint density at radius 3 is 2.10 bits per heavy atom. The second kappa shape index (κ2) is 11.4. The Labute approximate surface area is 258 Å². The molecule has 5 nitrogen and oxygen atoms in total. The van der Waals surface area contributed by atoms with Crippen LogP contribution in [0.1, 0.15) is 16.7 Å². The second-order valence-corrected chi connectivity index (χ2v) is 11.4. The number of rotatable bonds is 5. The Bertz CT molecular complexity index is 1880. The number of nitrogens with one attached hydrogen (secondary N) is 1. The summed E-state index contributed by atoms with van der Waals surface area (Å²) in [6, 6.07) is 35.9. The summed E-state index contributed by atoms with van der Waals surface area (Å²) in [4.78, 5) is 28.8. The molecule has 0 saturated carbocycles. The van der Waals surface area contributed by atoms with Crippen LogP contribution >= 0.6 is 28.1 Å². The van der Waals surface area contributed by atoms with Crippen molar-refractivity contribution >= 4 is 56.8 Å². The number of hydrogen-bond donors (Lipinski definition) is 1. The van der Waals surface area contributed by atoms with Crippen LogP contribution in [0.25, 0.3) is 34.3 Å². The smallest absolute Gasteiger partial charge is 0.270 e. The highest BCUT2D eigenvalue weighted by Gasteiger charge is 2.36. The minimum absolute atomic E-state index is 0.00857. The lowest BCUT2D eigenvalue weighted by Crippen LogP contribution is -2.54. The number of nitrogens with zero attached hydrogens (tertiary/aromatic N) is 2. The number of carbonyl (C=O) groups excluding carboxylic acids is 2. The van der Waals surface area contributed by atoms with E-state index in [9.17, 15) is 9.59 Å². The van der Waals surface area contributed by atoms with E-state index >= 15 is 0 Å². The van der Waals surface area contributed by atoms with Crippen molar-refractivity contribution in [3.63, 3.8) is 0 Å². The molecule has 2 heterocycles. The van der Waals surface area contributed by atoms with E-state index in [1.807, 2.05) is 111 Å². The van der Waals surface area contributed by atoms with Gasteiger partial charge in [-0.05, 0) is 90.8 Å². The van der Waals surface area contributed by atoms with Gasteiger partial charge in [0.2, 0.25) is 0 Å². The maximum Gasteiger partial charge on any atom is 0.270 e. The average Bonchev–Trinajstić information content (AvgIpc) is 3.38. The molecule has 5 aromatic rings. The van der Waals surface area contributed by atoms with Gasteiger partial charge < -0.3 is 4.57 Å². The van der Waals surface area contributed by atoms with Gasteiger partial charge in [0, 0.05) is 15.7 Å². The van der Waals surface area contributed by atoms with E-state index in [0.717, 1.165) is 49.4 Å². The number of amides is 2. The first-order chi connectivity index (χ1) is 20.3. The number of aryl methyl sites for hydroxylation is 1. The van der Waals surface area contributed by atoms with Crippen LogP contribution in [0.3, 0.4) is 0 Å². The van der Waals surface area contributed by atoms with Crippen molar-refractivity contribution in [2.24, 2.45) is 0 Å². The van der Waals surface area contributed by atoms with Crippen molar-refractivity contribution in [1.82, 2.24) is 9.88 Å². The SMILES string of the molecule is Cc1cccc(N2C(=O)/C(=C\c3cc(-c4ccccc4)n(-c4ccc(Br)cc4)c3-c3ccccc3)C(=O)NC2=S)c1C. The highest BCUT2D eigenvalue weighted by Crippen LogP contribution is 2.38. The summed E-state index contributed by atoms with van der Waals surface area (Å²) in [5.41, 5.74) is 8.00. The second-order valence-electron chi connectivity index (χ2n) is 10.1. The molecule has 4 aromatic carbocycles. The number of thiocarbonyl (C=S) groups is 1. The minimum atomic E-state index is -0.525. The zero-order valence-electron chi connectivity index (χ0n) is 23.0. The quantitative estimate of drug-likeness (QED) is 0.121. The van der Waals surface area contributed by atoms with Crippen LogP contribution in [-0.4, -0.2) is 21.5 Å². The molecule has 1 aliphatic rings. The van der Waals surface area contributed by atoms with E-state index in [1.165, 1.54) is 4.90 Å². The van der Waals surface area contributed by atoms with Crippen LogP contribution in [0.2, 0.25) is 0 Å². The molecule has 1 aromatic heterocycles. The number of hydrogen-bond acceptors (Lipinski definition) is 3. The Hall–Kier alpha value is -4.59. The Morgan fingerprint density at radius 2 is 1.43 bits per heavy atom. The number of aromatic nitrogens is 1. The molecular formula is C35H26BrN3O2S. The van der Waals surface area contributed by atoms with Gasteiger partial charge in [-0.2, -0.15) is 0 Å². The topological polar surface area (TPSA) is 54.3 Å². The van der Waals surface area contributed by atoms with Gasteiger partial charge in [0.1, 0.15) is 5.57 Å². The van der Waals surface area contributed by atoms with Crippen molar-refractivity contribution in [3.8, 4) is 28.2 Å². The predicted octanol–water partition coefficient (Wildman–Crippen LogP) is 8.02. The zero-order chi connectivity index (χ0) is 29.4. The highest BCUT2D eigenvalue weighted by molar-refractivity contribution is 9.10. The third-order valence-electron chi connectivity index (χ3n) is 7.45. The molecule has 1 saturated heterocycles. The summed E-state index contributed by atoms with van der Waals surface area (Å²) >= 11 is 9.04. The number of anilines is 1. The molecule has 0 aliphatic carbocycles. The summed E-state index contributed by atoms with van der Waals surface area (Å²) < 4.78 is 3.14. The van der Waals surface area contributed by atoms with E-state index < -0.39 is 11.8 Å². The van der Waals surface area contributed by atoms with Gasteiger partial charge in [0.05, 0.1) is 17.1 Å². The van der Waals surface area contributed by atoms with Crippen LogP contribution in [0.5, 0.6) is 0 Å². The molecule has 1 N–H and O–H groups in total. The van der Waals surface area contributed by atoms with Gasteiger partial charge in [-0.25, -0.2) is 0 Å². The molecule has 0 bridgehead atoms. The van der Waals surface area contributed by atoms with Crippen LogP contribution < -0.4 is 10.2 Å². The first-order valence-electron chi connectivity index (χ1n) is 13.4. The number of carbonyl (C=O) groups is 2. The van der Waals surface area contributed by atoms with Gasteiger partial charge in [-0.3, -0.25) is 19.8 Å². The first-order valence-corrected chi connectivity index (χ1v) is 14.6. The molecule has 7 heteroatoms. The van der Waals surface area contributed by atoms with Gasteiger partial charge in [0.25, 0.3) is 11.8 Å². The largest absolute Gasteiger partial charge is 0.309 e. The van der Waals surface area contributed by atoms with Crippen molar-refractivity contribution < 1.29 is 9.59 Å². The first kappa shape index (κ1) is 27.6. The third kappa shape index (κ3) is 5.02. The molecule has 42 heavy (non-hydrogen) atoms. The lowest BCUT2D eigenvalue weighted by atomic mass is 10.0. The highest BCUT2D eigenvalue weighted by atomic mass is 79.9. The Balaban J connectivity index is 1.60. The van der Waals surface area contributed by atoms with Gasteiger partial charge in [-0.15, -0.1) is 0 Å². The van der Waals surface area contributed by atoms with Crippen molar-refractivity contribution in [3.05, 3.63) is 136 Å². The molecule has 0 unspecified atom stereocenters. The summed E-state index contributed by atoms with van der Waals surface area (Å²) in [6.45, 7) is 3.92. The maximum atomic E-state index is 14.0. The molecule has 0 spiro atoms. The lowest BCUT2D eigenvalue weighted by Gasteiger charge is -2.30. The molecule has 0 atom stereocenters. The zero-order valence-corrected chi connectivity index (χ0v) is 25.4. The summed E-state index contributed by atoms with van der Waals surface area (Å²) in [7, 11) is 0. The molecule has 206 valence electrons. The molecule has 1 aliphatic heterocycles. The van der Waals surface area contributed by atoms with Crippen molar-refractivity contribution in [2.75, 3.05) is 4.90 Å². The van der Waals surface area contributed by atoms with Crippen molar-refractivity contribution in [2.45, 2.75) is 13.8 Å². The van der Waals surface area contributed by atoms with E-state index in [0.29, 0.717) is 5.69 Å². The van der Waals surface area contributed by atoms with Crippen LogP contribution in [0.4, 0.5) is 5.69 Å². The third-order valence-corrected chi connectivity index (χ3v) is 8.26. The average molecular weight is 633 g/mol. The maximum absolute atomic E-state index is 14.0. The Kier molecular flexibility index (Phi) is 7.45. The van der Waals surface area contributed by atoms with Gasteiger partial charge >= 0.3 is 0 Å². The summed E-state index contributed by atoms with van der Waals surface area (Å²) in [5, 5.41) is 2.81. The van der Waals surface area contributed by atoms with Crippen LogP contribution in [0.15, 0.2) is 119 Å². The van der Waals surface area contributed by atoms with Crippen molar-refractivity contribution in [1.29, 1.82) is 0 Å². The standard InChI is InChI=1S/C35H26BrN3O2S/c1-22-10-9-15-30(23(22)2)39-34(41)29(33(40)37-35(39)42)20-26-21-31(24-11-5-3-6-12-24)38(28-18-16-27(36)17-19-28)32(26)25-13-7-4-8-14-25/h3-21H,1-2H3,(H,37,40,42)/b29-20-. The Morgan fingerprint density at radius 1 is 0.786 bits per heavy atom. The monoisotopic (exact) mass is 631 g/mol. The van der Waals surface area contributed by atoms with E-state index in [1.54, 1.807) is 6.08 Å². The van der Waals surface area contributed by atoms with E-state index in [-0.39, 0.29) is 10.7 Å². The van der Waals surface area contributed by atoms with Gasteiger partial charge in [0.15, 0.2) is 5.11 Å². The molecule has 0 radical (unpaired) electrons. The predicted molar refractivity (Wildman–Crippen MR) is 176 cm³/mol. The molecular weight excluding hydrogens is 606 g/mol. The normalized spacial score (nSPS) is 14.4. The summed E-state index contributed by atoms with van der Waals surface area (Å²) in [6.07, 6.45) is 1.68. The number of benzene rings is 4. The van der Waals surface area contributed by atoms with Crippen LogP contribution in [0, 0.1) is 13.8 Å². The number of halogens is 1. The van der Waals surface area contributed by atoms with E-state index in [2.05, 4.69) is 37.9 Å². The lowest BCUT2D eigenvalue weighted by molar-refractivity contribution is -0.122. The molecule has 1 fully saturated rings. The fourth-order valence-corrected chi connectivity index (χ4v) is 5.76. The van der Waals surface area contributed by atoms with E-state index in [4.69, 9.17) is 12.2 Å². The van der Waals surface area contributed by atoms with Gasteiger partial charge in [-0.1, -0.05) is 88.7 Å². The summed E-state index contributed by atoms with van der Waals surface area (Å²) in [5.74, 6) is -0.989. The minimum Gasteiger partial charge on any atom is -0.309 e.